The number of hydrogen-bond acceptors (Lipinski definition) is 7. The SMILES string of the molecule is Cc1cc[n+](-c2ccc([N+](=O)[O-])cc2[N+](=O)[O-])cc1.O=[N+]([O-])c1ccccc1[O-]. The van der Waals surface area contributed by atoms with Crippen molar-refractivity contribution in [2.24, 2.45) is 0 Å². The van der Waals surface area contributed by atoms with Crippen molar-refractivity contribution in [3.63, 3.8) is 0 Å². The van der Waals surface area contributed by atoms with Gasteiger partial charge in [0.25, 0.3) is 17.1 Å². The molecule has 0 amide bonds. The minimum absolute atomic E-state index is 0.288. The number of aromatic nitrogens is 1. The van der Waals surface area contributed by atoms with Gasteiger partial charge in [0.2, 0.25) is 0 Å². The Hall–Kier alpha value is -4.41. The lowest BCUT2D eigenvalue weighted by atomic mass is 10.2. The van der Waals surface area contributed by atoms with Crippen molar-refractivity contribution in [2.45, 2.75) is 6.92 Å². The normalized spacial score (nSPS) is 9.83. The summed E-state index contributed by atoms with van der Waals surface area (Å²) in [5.41, 5.74) is 0.324. The van der Waals surface area contributed by atoms with E-state index in [4.69, 9.17) is 0 Å². The van der Waals surface area contributed by atoms with Crippen LogP contribution >= 0.6 is 0 Å². The maximum absolute atomic E-state index is 11.0. The quantitative estimate of drug-likeness (QED) is 0.371. The Morgan fingerprint density at radius 2 is 1.34 bits per heavy atom. The molecule has 3 aromatic rings. The predicted molar refractivity (Wildman–Crippen MR) is 98.6 cm³/mol. The highest BCUT2D eigenvalue weighted by molar-refractivity contribution is 5.53. The summed E-state index contributed by atoms with van der Waals surface area (Å²) < 4.78 is 1.55. The fourth-order valence-electron chi connectivity index (χ4n) is 2.26. The van der Waals surface area contributed by atoms with Gasteiger partial charge >= 0.3 is 5.69 Å². The number of hydrogen-bond donors (Lipinski definition) is 0. The minimum atomic E-state index is -0.692. The van der Waals surface area contributed by atoms with E-state index in [0.717, 1.165) is 17.7 Å². The Balaban J connectivity index is 0.000000253. The van der Waals surface area contributed by atoms with Gasteiger partial charge in [-0.2, -0.15) is 4.57 Å². The summed E-state index contributed by atoms with van der Waals surface area (Å²) in [4.78, 5) is 29.7. The average Bonchev–Trinajstić information content (AvgIpc) is 2.68. The highest BCUT2D eigenvalue weighted by Crippen LogP contribution is 2.24. The molecule has 148 valence electrons. The van der Waals surface area contributed by atoms with E-state index in [1.165, 1.54) is 30.3 Å². The maximum Gasteiger partial charge on any atom is 0.347 e. The Kier molecular flexibility index (Phi) is 6.48. The number of para-hydroxylation sites is 2. The summed E-state index contributed by atoms with van der Waals surface area (Å²) in [6.07, 6.45) is 3.34. The molecule has 0 aliphatic heterocycles. The van der Waals surface area contributed by atoms with Crippen LogP contribution in [-0.2, 0) is 0 Å². The highest BCUT2D eigenvalue weighted by atomic mass is 16.6. The fraction of sp³-hybridized carbons (Fsp3) is 0.0556. The molecule has 0 saturated carbocycles. The van der Waals surface area contributed by atoms with Crippen molar-refractivity contribution < 1.29 is 24.4 Å². The lowest BCUT2D eigenvalue weighted by Gasteiger charge is -2.02. The third kappa shape index (κ3) is 5.29. The zero-order valence-electron chi connectivity index (χ0n) is 15.0. The molecule has 2 aromatic carbocycles. The molecule has 0 atom stereocenters. The van der Waals surface area contributed by atoms with Crippen LogP contribution in [0.15, 0.2) is 67.0 Å². The Morgan fingerprint density at radius 3 is 1.83 bits per heavy atom. The number of benzene rings is 2. The molecule has 0 fully saturated rings. The van der Waals surface area contributed by atoms with Crippen LogP contribution in [-0.4, -0.2) is 14.8 Å². The number of nitrogens with zero attached hydrogens (tertiary/aromatic N) is 4. The van der Waals surface area contributed by atoms with Gasteiger partial charge in [-0.05, 0) is 18.2 Å². The highest BCUT2D eigenvalue weighted by Gasteiger charge is 2.25. The van der Waals surface area contributed by atoms with Crippen LogP contribution in [0.3, 0.4) is 0 Å². The van der Waals surface area contributed by atoms with Gasteiger partial charge in [-0.3, -0.25) is 30.3 Å². The van der Waals surface area contributed by atoms with Gasteiger partial charge in [0.15, 0.2) is 12.4 Å². The number of pyridine rings is 1. The minimum Gasteiger partial charge on any atom is -0.868 e. The van der Waals surface area contributed by atoms with Crippen molar-refractivity contribution in [3.8, 4) is 11.4 Å². The van der Waals surface area contributed by atoms with Crippen molar-refractivity contribution in [1.82, 2.24) is 0 Å². The molecule has 1 heterocycles. The molecule has 0 radical (unpaired) electrons. The van der Waals surface area contributed by atoms with Crippen molar-refractivity contribution in [3.05, 3.63) is 103 Å². The summed E-state index contributed by atoms with van der Waals surface area (Å²) in [6.45, 7) is 1.90. The number of rotatable bonds is 4. The molecule has 11 nitrogen and oxygen atoms in total. The van der Waals surface area contributed by atoms with Crippen LogP contribution < -0.4 is 9.67 Å². The number of nitro groups is 3. The molecular formula is C18H14N4O7. The number of nitro benzene ring substituents is 3. The number of aryl methyl sites for hydroxylation is 1. The van der Waals surface area contributed by atoms with Crippen LogP contribution in [0.5, 0.6) is 5.75 Å². The van der Waals surface area contributed by atoms with E-state index < -0.39 is 20.5 Å². The first-order valence-corrected chi connectivity index (χ1v) is 8.02. The average molecular weight is 398 g/mol. The van der Waals surface area contributed by atoms with Crippen LogP contribution in [0.4, 0.5) is 17.1 Å². The van der Waals surface area contributed by atoms with Gasteiger partial charge in [0.05, 0.1) is 14.8 Å². The van der Waals surface area contributed by atoms with Crippen molar-refractivity contribution in [1.29, 1.82) is 0 Å². The van der Waals surface area contributed by atoms with E-state index >= 15 is 0 Å². The molecule has 11 heteroatoms. The molecule has 0 unspecified atom stereocenters. The predicted octanol–water partition coefficient (Wildman–Crippen LogP) is 2.76. The zero-order chi connectivity index (χ0) is 21.6. The molecule has 0 N–H and O–H groups in total. The van der Waals surface area contributed by atoms with Crippen molar-refractivity contribution in [2.75, 3.05) is 0 Å². The molecule has 0 aliphatic carbocycles. The molecule has 0 saturated heterocycles. The molecule has 29 heavy (non-hydrogen) atoms. The number of non-ortho nitro benzene ring substituents is 1. The third-order valence-electron chi connectivity index (χ3n) is 3.70. The lowest BCUT2D eigenvalue weighted by molar-refractivity contribution is -0.601. The Labute approximate surface area is 163 Å². The van der Waals surface area contributed by atoms with Gasteiger partial charge in [-0.1, -0.05) is 18.2 Å². The lowest BCUT2D eigenvalue weighted by Crippen LogP contribution is -2.30. The first-order chi connectivity index (χ1) is 13.7. The molecule has 0 spiro atoms. The first-order valence-electron chi connectivity index (χ1n) is 8.02. The molecule has 0 bridgehead atoms. The summed E-state index contributed by atoms with van der Waals surface area (Å²) >= 11 is 0. The zero-order valence-corrected chi connectivity index (χ0v) is 15.0. The molecule has 3 rings (SSSR count). The van der Waals surface area contributed by atoms with E-state index in [-0.39, 0.29) is 22.7 Å². The van der Waals surface area contributed by atoms with Crippen LogP contribution in [0.25, 0.3) is 5.69 Å². The summed E-state index contributed by atoms with van der Waals surface area (Å²) in [6, 6.07) is 12.4. The Morgan fingerprint density at radius 1 is 0.759 bits per heavy atom. The van der Waals surface area contributed by atoms with E-state index in [1.54, 1.807) is 29.1 Å². The molecule has 0 aliphatic rings. The van der Waals surface area contributed by atoms with E-state index in [2.05, 4.69) is 0 Å². The van der Waals surface area contributed by atoms with E-state index in [1.807, 2.05) is 6.92 Å². The second-order valence-electron chi connectivity index (χ2n) is 5.69. The second-order valence-corrected chi connectivity index (χ2v) is 5.69. The Bertz CT molecular complexity index is 1070. The van der Waals surface area contributed by atoms with Gasteiger partial charge < -0.3 is 5.11 Å². The largest absolute Gasteiger partial charge is 0.868 e. The van der Waals surface area contributed by atoms with E-state index in [9.17, 15) is 35.4 Å². The second kappa shape index (κ2) is 8.99. The standard InChI is InChI=1S/C12H10N3O4.C6H5NO3/c1-9-4-6-13(7-5-9)11-3-2-10(14(16)17)8-12(11)15(18)19;8-6-4-2-1-3-5(6)7(9)10/h2-8H,1H3;1-4,8H/q+1;/p-1. The van der Waals surface area contributed by atoms with Crippen LogP contribution in [0, 0.1) is 37.3 Å². The molecular weight excluding hydrogens is 384 g/mol. The van der Waals surface area contributed by atoms with E-state index in [0.29, 0.717) is 0 Å². The van der Waals surface area contributed by atoms with Crippen LogP contribution in [0.2, 0.25) is 0 Å². The third-order valence-corrected chi connectivity index (χ3v) is 3.70. The fourth-order valence-corrected chi connectivity index (χ4v) is 2.26. The monoisotopic (exact) mass is 398 g/mol. The first kappa shape index (κ1) is 20.9. The van der Waals surface area contributed by atoms with Gasteiger partial charge in [-0.15, -0.1) is 0 Å². The summed E-state index contributed by atoms with van der Waals surface area (Å²) in [5.74, 6) is -0.549. The smallest absolute Gasteiger partial charge is 0.347 e. The topological polar surface area (TPSA) is 156 Å². The van der Waals surface area contributed by atoms with Crippen LogP contribution in [0.1, 0.15) is 5.56 Å². The summed E-state index contributed by atoms with van der Waals surface area (Å²) in [7, 11) is 0. The van der Waals surface area contributed by atoms with Crippen molar-refractivity contribution >= 4 is 17.1 Å². The van der Waals surface area contributed by atoms with Gasteiger partial charge in [0.1, 0.15) is 6.07 Å². The van der Waals surface area contributed by atoms with Gasteiger partial charge in [0, 0.05) is 30.3 Å². The maximum atomic E-state index is 11.0. The van der Waals surface area contributed by atoms with Gasteiger partial charge in [-0.25, -0.2) is 0 Å². The molecule has 1 aromatic heterocycles. The summed E-state index contributed by atoms with van der Waals surface area (Å²) in [5, 5.41) is 42.3.